The van der Waals surface area contributed by atoms with Crippen LogP contribution in [0.15, 0.2) is 30.3 Å². The van der Waals surface area contributed by atoms with Crippen molar-refractivity contribution in [2.45, 2.75) is 52.9 Å². The Morgan fingerprint density at radius 3 is 1.87 bits per heavy atom. The van der Waals surface area contributed by atoms with E-state index in [1.165, 1.54) is 18.4 Å². The van der Waals surface area contributed by atoms with Gasteiger partial charge in [0, 0.05) is 5.41 Å². The summed E-state index contributed by atoms with van der Waals surface area (Å²) in [6, 6.07) is 11.0. The highest BCUT2D eigenvalue weighted by atomic mass is 14.6. The molecule has 0 N–H and O–H groups in total. The van der Waals surface area contributed by atoms with Crippen LogP contribution in [0.3, 0.4) is 0 Å². The molecule has 15 heavy (non-hydrogen) atoms. The largest absolute Gasteiger partial charge is 0.0683 e. The van der Waals surface area contributed by atoms with Crippen molar-refractivity contribution in [2.24, 2.45) is 5.41 Å². The van der Waals surface area contributed by atoms with Crippen molar-refractivity contribution in [2.75, 3.05) is 0 Å². The maximum Gasteiger partial charge on any atom is 0.000720 e. The third-order valence-corrected chi connectivity index (χ3v) is 3.84. The molecule has 1 atom stereocenters. The molecule has 0 spiro atoms. The van der Waals surface area contributed by atoms with E-state index in [0.717, 1.165) is 0 Å². The first kappa shape index (κ1) is 12.3. The smallest absolute Gasteiger partial charge is 0.000720 e. The molecular formula is C15H24. The zero-order chi connectivity index (χ0) is 11.5. The second-order valence-electron chi connectivity index (χ2n) is 4.86. The van der Waals surface area contributed by atoms with Gasteiger partial charge in [-0.15, -0.1) is 0 Å². The van der Waals surface area contributed by atoms with Crippen LogP contribution in [0.2, 0.25) is 0 Å². The van der Waals surface area contributed by atoms with Crippen LogP contribution >= 0.6 is 0 Å². The fourth-order valence-electron chi connectivity index (χ4n) is 2.77. The molecule has 0 aliphatic heterocycles. The monoisotopic (exact) mass is 204 g/mol. The second kappa shape index (κ2) is 4.38. The molecule has 1 aromatic rings. The van der Waals surface area contributed by atoms with E-state index in [0.29, 0.717) is 10.8 Å². The molecule has 0 nitrogen and oxygen atoms in total. The Bertz CT molecular complexity index is 297. The molecular weight excluding hydrogens is 180 g/mol. The molecule has 0 bridgehead atoms. The summed E-state index contributed by atoms with van der Waals surface area (Å²) in [5.41, 5.74) is 2.53. The molecule has 1 aromatic carbocycles. The lowest BCUT2D eigenvalue weighted by Gasteiger charge is -2.18. The minimum atomic E-state index is 0.480. The highest BCUT2D eigenvalue weighted by molar-refractivity contribution is 5.36. The minimum Gasteiger partial charge on any atom is -0.0683 e. The van der Waals surface area contributed by atoms with Gasteiger partial charge in [-0.1, -0.05) is 65.0 Å². The highest BCUT2D eigenvalue weighted by Crippen LogP contribution is 2.66. The lowest BCUT2D eigenvalue weighted by molar-refractivity contribution is 0.483. The van der Waals surface area contributed by atoms with Crippen molar-refractivity contribution >= 4 is 0 Å². The van der Waals surface area contributed by atoms with E-state index < -0.39 is 0 Å². The van der Waals surface area contributed by atoms with Gasteiger partial charge in [-0.05, 0) is 23.8 Å². The van der Waals surface area contributed by atoms with Crippen molar-refractivity contribution in [3.05, 3.63) is 35.9 Å². The molecule has 0 heterocycles. The zero-order valence-electron chi connectivity index (χ0n) is 10.8. The Morgan fingerprint density at radius 2 is 1.53 bits per heavy atom. The highest BCUT2D eigenvalue weighted by Gasteiger charge is 2.60. The fraction of sp³-hybridized carbons (Fsp3) is 0.600. The zero-order valence-corrected chi connectivity index (χ0v) is 10.8. The number of hydrogen-bond acceptors (Lipinski definition) is 0. The normalized spacial score (nSPS) is 26.5. The summed E-state index contributed by atoms with van der Waals surface area (Å²) in [7, 11) is 0. The molecule has 0 radical (unpaired) electrons. The van der Waals surface area contributed by atoms with Gasteiger partial charge in [0.2, 0.25) is 0 Å². The van der Waals surface area contributed by atoms with Crippen LogP contribution in [0.1, 0.15) is 53.0 Å². The molecule has 1 aliphatic rings. The average molecular weight is 204 g/mol. The van der Waals surface area contributed by atoms with E-state index in [2.05, 4.69) is 51.1 Å². The molecule has 0 saturated heterocycles. The van der Waals surface area contributed by atoms with Crippen molar-refractivity contribution in [1.82, 2.24) is 0 Å². The van der Waals surface area contributed by atoms with Crippen LogP contribution in [0.4, 0.5) is 0 Å². The molecule has 0 heteroatoms. The third-order valence-electron chi connectivity index (χ3n) is 3.84. The number of hydrogen-bond donors (Lipinski definition) is 0. The van der Waals surface area contributed by atoms with E-state index in [-0.39, 0.29) is 0 Å². The Hall–Kier alpha value is -0.780. The van der Waals surface area contributed by atoms with Crippen LogP contribution in [0, 0.1) is 5.41 Å². The first-order valence-electron chi connectivity index (χ1n) is 6.18. The van der Waals surface area contributed by atoms with Gasteiger partial charge in [0.25, 0.3) is 0 Å². The lowest BCUT2D eigenvalue weighted by Crippen LogP contribution is -2.12. The molecule has 2 rings (SSSR count). The summed E-state index contributed by atoms with van der Waals surface area (Å²) in [6.07, 6.45) is 2.62. The molecule has 0 amide bonds. The first-order valence-corrected chi connectivity index (χ1v) is 6.18. The van der Waals surface area contributed by atoms with E-state index in [1.807, 2.05) is 13.8 Å². The van der Waals surface area contributed by atoms with Gasteiger partial charge in [-0.3, -0.25) is 0 Å². The van der Waals surface area contributed by atoms with Gasteiger partial charge in [-0.2, -0.15) is 0 Å². The predicted octanol–water partition coefficient (Wildman–Crippen LogP) is 4.79. The fourth-order valence-corrected chi connectivity index (χ4v) is 2.77. The standard InChI is InChI=1S/C13H18.C2H6/c1-4-13(10-12(13,2)3)11-8-6-5-7-9-11;1-2/h5-9H,4,10H2,1-3H3;1-2H3. The maximum atomic E-state index is 2.38. The van der Waals surface area contributed by atoms with E-state index in [9.17, 15) is 0 Å². The van der Waals surface area contributed by atoms with Gasteiger partial charge in [-0.25, -0.2) is 0 Å². The van der Waals surface area contributed by atoms with Gasteiger partial charge in [0.15, 0.2) is 0 Å². The van der Waals surface area contributed by atoms with Crippen LogP contribution in [0.5, 0.6) is 0 Å². The Kier molecular flexibility index (Phi) is 3.59. The summed E-state index contributed by atoms with van der Waals surface area (Å²) < 4.78 is 0. The van der Waals surface area contributed by atoms with Crippen LogP contribution in [-0.4, -0.2) is 0 Å². The van der Waals surface area contributed by atoms with Crippen molar-refractivity contribution < 1.29 is 0 Å². The summed E-state index contributed by atoms with van der Waals surface area (Å²) in [4.78, 5) is 0. The maximum absolute atomic E-state index is 2.38. The first-order chi connectivity index (χ1) is 7.12. The van der Waals surface area contributed by atoms with Crippen LogP contribution in [0.25, 0.3) is 0 Å². The van der Waals surface area contributed by atoms with Crippen molar-refractivity contribution in [3.63, 3.8) is 0 Å². The van der Waals surface area contributed by atoms with Gasteiger partial charge < -0.3 is 0 Å². The molecule has 1 saturated carbocycles. The molecule has 0 aromatic heterocycles. The van der Waals surface area contributed by atoms with Gasteiger partial charge in [0.05, 0.1) is 0 Å². The Balaban J connectivity index is 0.000000531. The lowest BCUT2D eigenvalue weighted by atomic mass is 9.86. The van der Waals surface area contributed by atoms with Gasteiger partial charge >= 0.3 is 0 Å². The average Bonchev–Trinajstić information content (AvgIpc) is 2.87. The quantitative estimate of drug-likeness (QED) is 0.649. The van der Waals surface area contributed by atoms with Crippen LogP contribution < -0.4 is 0 Å². The Morgan fingerprint density at radius 1 is 1.07 bits per heavy atom. The molecule has 1 fully saturated rings. The topological polar surface area (TPSA) is 0 Å². The van der Waals surface area contributed by atoms with E-state index in [4.69, 9.17) is 0 Å². The predicted molar refractivity (Wildman–Crippen MR) is 68.2 cm³/mol. The van der Waals surface area contributed by atoms with E-state index in [1.54, 1.807) is 0 Å². The number of rotatable bonds is 2. The molecule has 1 aliphatic carbocycles. The van der Waals surface area contributed by atoms with Crippen molar-refractivity contribution in [3.8, 4) is 0 Å². The third kappa shape index (κ3) is 1.95. The number of benzene rings is 1. The van der Waals surface area contributed by atoms with E-state index >= 15 is 0 Å². The summed E-state index contributed by atoms with van der Waals surface area (Å²) in [5.74, 6) is 0. The summed E-state index contributed by atoms with van der Waals surface area (Å²) in [5, 5.41) is 0. The summed E-state index contributed by atoms with van der Waals surface area (Å²) in [6.45, 7) is 11.1. The van der Waals surface area contributed by atoms with Gasteiger partial charge in [0.1, 0.15) is 0 Å². The second-order valence-corrected chi connectivity index (χ2v) is 4.86. The molecule has 84 valence electrons. The minimum absolute atomic E-state index is 0.480. The SMILES string of the molecule is CC.CCC1(c2ccccc2)CC1(C)C. The Labute approximate surface area is 94.7 Å². The van der Waals surface area contributed by atoms with Crippen molar-refractivity contribution in [1.29, 1.82) is 0 Å². The molecule has 1 unspecified atom stereocenters. The van der Waals surface area contributed by atoms with Crippen LogP contribution in [-0.2, 0) is 5.41 Å². The summed E-state index contributed by atoms with van der Waals surface area (Å²) >= 11 is 0.